The van der Waals surface area contributed by atoms with Gasteiger partial charge in [-0.1, -0.05) is 18.2 Å². The van der Waals surface area contributed by atoms with E-state index < -0.39 is 10.2 Å². The second kappa shape index (κ2) is 6.98. The van der Waals surface area contributed by atoms with E-state index in [9.17, 15) is 8.42 Å². The highest BCUT2D eigenvalue weighted by atomic mass is 32.2. The van der Waals surface area contributed by atoms with Gasteiger partial charge in [-0.05, 0) is 38.3 Å². The maximum absolute atomic E-state index is 12.5. The molecule has 0 aliphatic carbocycles. The number of rotatable bonds is 6. The zero-order valence-electron chi connectivity index (χ0n) is 14.0. The summed E-state index contributed by atoms with van der Waals surface area (Å²) in [4.78, 5) is 2.35. The van der Waals surface area contributed by atoms with Crippen LogP contribution in [0.4, 0.5) is 5.69 Å². The second-order valence-corrected chi connectivity index (χ2v) is 8.29. The molecular formula is C16H27N3O2S. The van der Waals surface area contributed by atoms with Crippen LogP contribution in [0.1, 0.15) is 32.3 Å². The number of para-hydroxylation sites is 1. The van der Waals surface area contributed by atoms with Gasteiger partial charge in [0, 0.05) is 45.5 Å². The molecule has 0 radical (unpaired) electrons. The predicted molar refractivity (Wildman–Crippen MR) is 91.2 cm³/mol. The summed E-state index contributed by atoms with van der Waals surface area (Å²) in [6.45, 7) is 6.26. The molecule has 1 saturated heterocycles. The van der Waals surface area contributed by atoms with Crippen molar-refractivity contribution >= 4 is 15.9 Å². The molecule has 1 aromatic carbocycles. The highest BCUT2D eigenvalue weighted by molar-refractivity contribution is 7.86. The number of hydrogen-bond donors (Lipinski definition) is 0. The monoisotopic (exact) mass is 325 g/mol. The Hall–Kier alpha value is -1.11. The summed E-state index contributed by atoms with van der Waals surface area (Å²) in [7, 11) is -0.153. The maximum Gasteiger partial charge on any atom is 0.282 e. The molecule has 5 nitrogen and oxygen atoms in total. The first-order valence-electron chi connectivity index (χ1n) is 7.86. The summed E-state index contributed by atoms with van der Waals surface area (Å²) in [5, 5.41) is 0. The van der Waals surface area contributed by atoms with Gasteiger partial charge < -0.3 is 4.90 Å². The highest BCUT2D eigenvalue weighted by Crippen LogP contribution is 2.26. The van der Waals surface area contributed by atoms with E-state index in [1.165, 1.54) is 21.5 Å². The van der Waals surface area contributed by atoms with Gasteiger partial charge in [0.05, 0.1) is 0 Å². The van der Waals surface area contributed by atoms with Gasteiger partial charge in [0.1, 0.15) is 0 Å². The largest absolute Gasteiger partial charge is 0.371 e. The van der Waals surface area contributed by atoms with E-state index in [-0.39, 0.29) is 6.04 Å². The lowest BCUT2D eigenvalue weighted by Crippen LogP contribution is -2.42. The zero-order chi connectivity index (χ0) is 16.3. The quantitative estimate of drug-likeness (QED) is 0.806. The summed E-state index contributed by atoms with van der Waals surface area (Å²) in [5.41, 5.74) is 2.22. The number of hydrogen-bond acceptors (Lipinski definition) is 3. The summed E-state index contributed by atoms with van der Waals surface area (Å²) in [6, 6.07) is 8.05. The summed E-state index contributed by atoms with van der Waals surface area (Å²) in [5.74, 6) is 0. The maximum atomic E-state index is 12.5. The van der Waals surface area contributed by atoms with Crippen LogP contribution in [0.2, 0.25) is 0 Å². The molecule has 1 heterocycles. The first-order chi connectivity index (χ1) is 10.3. The molecule has 1 aliphatic heterocycles. The van der Waals surface area contributed by atoms with Crippen molar-refractivity contribution in [3.63, 3.8) is 0 Å². The van der Waals surface area contributed by atoms with E-state index in [4.69, 9.17) is 0 Å². The van der Waals surface area contributed by atoms with E-state index in [0.717, 1.165) is 24.3 Å². The van der Waals surface area contributed by atoms with Gasteiger partial charge in [-0.15, -0.1) is 0 Å². The van der Waals surface area contributed by atoms with Gasteiger partial charge in [0.25, 0.3) is 10.2 Å². The fourth-order valence-electron chi connectivity index (χ4n) is 2.72. The molecule has 0 bridgehead atoms. The molecule has 0 saturated carbocycles. The number of benzene rings is 1. The Labute approximate surface area is 134 Å². The van der Waals surface area contributed by atoms with E-state index in [1.54, 1.807) is 14.1 Å². The van der Waals surface area contributed by atoms with Crippen LogP contribution >= 0.6 is 0 Å². The molecule has 0 atom stereocenters. The van der Waals surface area contributed by atoms with Crippen molar-refractivity contribution in [2.45, 2.75) is 39.3 Å². The first kappa shape index (κ1) is 17.2. The first-order valence-corrected chi connectivity index (χ1v) is 9.26. The standard InChI is InChI=1S/C16H27N3O2S/c1-14(2)18(4)22(20,21)17(3)13-15-9-5-6-10-16(15)19-11-7-8-12-19/h5-6,9-10,14H,7-8,11-13H2,1-4H3. The molecule has 0 aromatic heterocycles. The van der Waals surface area contributed by atoms with Crippen LogP contribution in [0.3, 0.4) is 0 Å². The Bertz CT molecular complexity index is 595. The van der Waals surface area contributed by atoms with Crippen LogP contribution in [0.15, 0.2) is 24.3 Å². The van der Waals surface area contributed by atoms with Crippen LogP contribution in [0.25, 0.3) is 0 Å². The van der Waals surface area contributed by atoms with E-state index in [1.807, 2.05) is 32.0 Å². The average Bonchev–Trinajstić information content (AvgIpc) is 3.00. The molecule has 0 spiro atoms. The van der Waals surface area contributed by atoms with Crippen LogP contribution in [-0.2, 0) is 16.8 Å². The lowest BCUT2D eigenvalue weighted by molar-refractivity contribution is 0.355. The van der Waals surface area contributed by atoms with Crippen molar-refractivity contribution < 1.29 is 8.42 Å². The molecule has 22 heavy (non-hydrogen) atoms. The molecule has 1 aliphatic rings. The molecule has 124 valence electrons. The van der Waals surface area contributed by atoms with E-state index in [0.29, 0.717) is 6.54 Å². The summed E-state index contributed by atoms with van der Waals surface area (Å²) >= 11 is 0. The SMILES string of the molecule is CC(C)N(C)S(=O)(=O)N(C)Cc1ccccc1N1CCCC1. The molecule has 0 N–H and O–H groups in total. The van der Waals surface area contributed by atoms with Gasteiger partial charge in [-0.25, -0.2) is 0 Å². The minimum Gasteiger partial charge on any atom is -0.371 e. The van der Waals surface area contributed by atoms with Crippen LogP contribution < -0.4 is 4.90 Å². The normalized spacial score (nSPS) is 16.2. The van der Waals surface area contributed by atoms with Crippen molar-refractivity contribution in [1.82, 2.24) is 8.61 Å². The molecule has 6 heteroatoms. The topological polar surface area (TPSA) is 43.9 Å². The van der Waals surface area contributed by atoms with Crippen molar-refractivity contribution in [2.24, 2.45) is 0 Å². The van der Waals surface area contributed by atoms with Crippen LogP contribution in [0.5, 0.6) is 0 Å². The van der Waals surface area contributed by atoms with E-state index in [2.05, 4.69) is 11.0 Å². The van der Waals surface area contributed by atoms with Crippen molar-refractivity contribution in [3.05, 3.63) is 29.8 Å². The Kier molecular flexibility index (Phi) is 5.47. The third-order valence-corrected chi connectivity index (χ3v) is 6.38. The third kappa shape index (κ3) is 3.62. The minimum absolute atomic E-state index is 0.0544. The lowest BCUT2D eigenvalue weighted by Gasteiger charge is -2.28. The summed E-state index contributed by atoms with van der Waals surface area (Å²) in [6.07, 6.45) is 2.41. The van der Waals surface area contributed by atoms with Crippen LogP contribution in [-0.4, -0.2) is 50.3 Å². The predicted octanol–water partition coefficient (Wildman–Crippen LogP) is 2.30. The average molecular weight is 325 g/mol. The highest BCUT2D eigenvalue weighted by Gasteiger charge is 2.26. The smallest absolute Gasteiger partial charge is 0.282 e. The van der Waals surface area contributed by atoms with Crippen molar-refractivity contribution in [2.75, 3.05) is 32.1 Å². The molecule has 1 fully saturated rings. The Morgan fingerprint density at radius 2 is 1.73 bits per heavy atom. The van der Waals surface area contributed by atoms with E-state index >= 15 is 0 Å². The molecule has 0 unspecified atom stereocenters. The number of nitrogens with zero attached hydrogens (tertiary/aromatic N) is 3. The second-order valence-electron chi connectivity index (χ2n) is 6.20. The summed E-state index contributed by atoms with van der Waals surface area (Å²) < 4.78 is 27.9. The lowest BCUT2D eigenvalue weighted by atomic mass is 10.1. The van der Waals surface area contributed by atoms with Gasteiger partial charge in [0.15, 0.2) is 0 Å². The fraction of sp³-hybridized carbons (Fsp3) is 0.625. The Morgan fingerprint density at radius 1 is 1.14 bits per heavy atom. The minimum atomic E-state index is -3.43. The Morgan fingerprint density at radius 3 is 2.32 bits per heavy atom. The fourth-order valence-corrected chi connectivity index (χ4v) is 3.99. The number of anilines is 1. The van der Waals surface area contributed by atoms with Gasteiger partial charge in [0.2, 0.25) is 0 Å². The molecule has 2 rings (SSSR count). The molecule has 0 amide bonds. The van der Waals surface area contributed by atoms with Gasteiger partial charge >= 0.3 is 0 Å². The van der Waals surface area contributed by atoms with Gasteiger partial charge in [-0.2, -0.15) is 17.0 Å². The zero-order valence-corrected chi connectivity index (χ0v) is 14.8. The third-order valence-electron chi connectivity index (χ3n) is 4.32. The van der Waals surface area contributed by atoms with Crippen LogP contribution in [0, 0.1) is 0 Å². The Balaban J connectivity index is 2.20. The molecular weight excluding hydrogens is 298 g/mol. The van der Waals surface area contributed by atoms with Gasteiger partial charge in [-0.3, -0.25) is 0 Å². The van der Waals surface area contributed by atoms with Crippen molar-refractivity contribution in [3.8, 4) is 0 Å². The molecule has 1 aromatic rings. The van der Waals surface area contributed by atoms with Crippen molar-refractivity contribution in [1.29, 1.82) is 0 Å².